The maximum absolute atomic E-state index is 4.47. The number of nitrogens with one attached hydrogen (secondary N) is 4. The van der Waals surface area contributed by atoms with Crippen LogP contribution in [0.2, 0.25) is 0 Å². The average molecular weight is 1530 g/mol. The van der Waals surface area contributed by atoms with E-state index in [2.05, 4.69) is 343 Å². The lowest BCUT2D eigenvalue weighted by atomic mass is 10.0. The Morgan fingerprint density at radius 1 is 0.413 bits per heavy atom. The van der Waals surface area contributed by atoms with Gasteiger partial charge in [-0.1, -0.05) is 296 Å². The number of rotatable bonds is 0. The number of aromatic nitrogens is 16. The minimum Gasteiger partial charge on any atom is -0.452 e. The molecule has 0 bridgehead atoms. The van der Waals surface area contributed by atoms with E-state index < -0.39 is 0 Å². The number of thiazole rings is 1. The van der Waals surface area contributed by atoms with Crippen molar-refractivity contribution in [1.82, 2.24) is 81.1 Å². The van der Waals surface area contributed by atoms with E-state index in [0.717, 1.165) is 63.6 Å². The number of fused-ring (bicyclic) bond motifs is 3. The van der Waals surface area contributed by atoms with Gasteiger partial charge in [-0.05, 0) is 117 Å². The Bertz CT molecular complexity index is 2920. The van der Waals surface area contributed by atoms with E-state index in [1.807, 2.05) is 121 Å². The second-order valence-electron chi connectivity index (χ2n) is 35.0. The third-order valence-electron chi connectivity index (χ3n) is 6.94. The summed E-state index contributed by atoms with van der Waals surface area (Å²) < 4.78 is 8.81. The van der Waals surface area contributed by atoms with E-state index >= 15 is 0 Å². The molecule has 0 atom stereocenters. The van der Waals surface area contributed by atoms with Crippen molar-refractivity contribution in [3.63, 3.8) is 0 Å². The van der Waals surface area contributed by atoms with Crippen LogP contribution in [0.15, 0.2) is 234 Å². The minimum atomic E-state index is 0.500. The Balaban J connectivity index is -0.000000203. The lowest BCUT2D eigenvalue weighted by molar-refractivity contribution is 0.420. The summed E-state index contributed by atoms with van der Waals surface area (Å²) in [6.45, 7) is 76.2. The Hall–Kier alpha value is -9.17. The van der Waals surface area contributed by atoms with Crippen LogP contribution in [0, 0.1) is 56.7 Å². The van der Waals surface area contributed by atoms with E-state index in [1.54, 1.807) is 78.7 Å². The predicted molar refractivity (Wildman–Crippen MR) is 473 cm³/mol. The lowest BCUT2D eigenvalue weighted by Gasteiger charge is -2.05. The zero-order valence-electron chi connectivity index (χ0n) is 74.5. The highest BCUT2D eigenvalue weighted by Crippen LogP contribution is 2.22. The zero-order chi connectivity index (χ0) is 84.9. The van der Waals surface area contributed by atoms with Crippen LogP contribution in [-0.2, 0) is 6.42 Å². The molecule has 10 heterocycles. The summed E-state index contributed by atoms with van der Waals surface area (Å²) >= 11 is 1.60. The third-order valence-corrected chi connectivity index (χ3v) is 7.46. The van der Waals surface area contributed by atoms with Crippen molar-refractivity contribution in [2.45, 2.75) is 249 Å². The molecule has 612 valence electrons. The number of hydrogen-bond acceptors (Lipinski definition) is 16. The summed E-state index contributed by atoms with van der Waals surface area (Å²) in [4.78, 5) is 26.1. The molecule has 3 aromatic carbocycles. The van der Waals surface area contributed by atoms with Crippen LogP contribution < -0.4 is 0 Å². The van der Waals surface area contributed by atoms with Crippen molar-refractivity contribution in [1.29, 1.82) is 0 Å². The normalized spacial score (nSPS) is 9.94. The summed E-state index contributed by atoms with van der Waals surface area (Å²) in [6.07, 6.45) is 30.7. The van der Waals surface area contributed by atoms with E-state index in [0.29, 0.717) is 27.1 Å². The summed E-state index contributed by atoms with van der Waals surface area (Å²) in [5, 5.41) is 35.6. The van der Waals surface area contributed by atoms with Crippen molar-refractivity contribution in [2.24, 2.45) is 61.7 Å². The van der Waals surface area contributed by atoms with E-state index in [1.165, 1.54) is 37.1 Å². The van der Waals surface area contributed by atoms with Crippen LogP contribution in [0.3, 0.4) is 0 Å². The fraction of sp³-hybridized carbons (Fsp3) is 0.517. The van der Waals surface area contributed by atoms with Crippen LogP contribution in [0.4, 0.5) is 5.69 Å². The van der Waals surface area contributed by atoms with Gasteiger partial charge in [0.05, 0.1) is 58.7 Å². The Morgan fingerprint density at radius 2 is 0.853 bits per heavy atom. The van der Waals surface area contributed by atoms with Gasteiger partial charge in [0, 0.05) is 66.8 Å². The fourth-order valence-corrected chi connectivity index (χ4v) is 4.59. The van der Waals surface area contributed by atoms with Gasteiger partial charge in [-0.25, -0.2) is 9.97 Å². The van der Waals surface area contributed by atoms with E-state index in [-0.39, 0.29) is 0 Å². The van der Waals surface area contributed by atoms with Crippen LogP contribution in [-0.4, -0.2) is 87.3 Å². The molecule has 109 heavy (non-hydrogen) atoms. The van der Waals surface area contributed by atoms with Gasteiger partial charge in [0.2, 0.25) is 0 Å². The SMILES string of the molecule is C1=Nc2ccccc2C1.CC(C)(C)C.CC(C)(C)C.CC(C)(C)C.CC(C)(C)C.CC(C)(C)C.CC(C)C.CC(C)C.CC(C)C.CC(C)C.CC(C)C.c1cc[nH]c1.c1ccc2[nH]ncc2c1.c1ccc2nccnc2c1.c1ccnnc1.c1cn[nH]n1.c1cnoc1.c1cocn1.c1cscn1.c1nc[nH]n1. The molecule has 4 N–H and O–H groups in total. The molecule has 9 aromatic heterocycles. The van der Waals surface area contributed by atoms with Gasteiger partial charge in [-0.15, -0.1) is 11.3 Å². The number of hydrogen-bond donors (Lipinski definition) is 4. The van der Waals surface area contributed by atoms with Crippen molar-refractivity contribution < 1.29 is 8.94 Å². The molecule has 0 amide bonds. The molecule has 0 spiro atoms. The standard InChI is InChI=1S/C8H6N2.C8H7N.C7H6N2.5C5H12.C4H4N2.C4H5N.5C4H10.2C3H3NO.C3H3NS.2C2H3N3/c1-2-4-8-7(3-1)9-5-6-10-8;1-2-4-8-7(3-1)5-6-9-8;1-2-4-7-6(3-1)5-8-9-7;5*1-5(2,3)4;1-2-4-6-5-3-1;1-2-4-5-3-1;5*1-4(2)3;1-2-5-3-4-1;1-2-4-5-3-1;1-2-5-3-4-1;1-3-2-5-4-1;1-2-4-5-3-1/h1-6H;1-4,6H,5H2;1-5H,(H,8,9);5*1-4H3;1-4H;1-5H;5*4H,1-3H3;3*1-3H;2*1-2H,(H,3,4,5). The first-order chi connectivity index (χ1) is 50.6. The van der Waals surface area contributed by atoms with Crippen molar-refractivity contribution in [2.75, 3.05) is 0 Å². The van der Waals surface area contributed by atoms with Crippen molar-refractivity contribution in [3.8, 4) is 0 Å². The minimum absolute atomic E-state index is 0.500. The lowest BCUT2D eigenvalue weighted by Crippen LogP contribution is -1.93. The Morgan fingerprint density at radius 3 is 1.11 bits per heavy atom. The van der Waals surface area contributed by atoms with Crippen LogP contribution >= 0.6 is 11.3 Å². The van der Waals surface area contributed by atoms with Gasteiger partial charge < -0.3 is 13.9 Å². The third kappa shape index (κ3) is 149. The Kier molecular flexibility index (Phi) is 78.5. The molecular formula is C89H153N17O2S. The molecule has 0 radical (unpaired) electrons. The van der Waals surface area contributed by atoms with E-state index in [4.69, 9.17) is 0 Å². The molecule has 0 saturated heterocycles. The van der Waals surface area contributed by atoms with Gasteiger partial charge >= 0.3 is 0 Å². The number of nitrogens with zero attached hydrogens (tertiary/aromatic N) is 13. The van der Waals surface area contributed by atoms with Crippen LogP contribution in [0.5, 0.6) is 0 Å². The van der Waals surface area contributed by atoms with Gasteiger partial charge in [-0.2, -0.15) is 35.8 Å². The highest BCUT2D eigenvalue weighted by atomic mass is 32.1. The second kappa shape index (κ2) is 75.6. The quantitative estimate of drug-likeness (QED) is 0.110. The molecule has 1 aliphatic heterocycles. The monoisotopic (exact) mass is 1520 g/mol. The van der Waals surface area contributed by atoms with Crippen molar-refractivity contribution in [3.05, 3.63) is 226 Å². The molecule has 0 aliphatic carbocycles. The number of oxazole rings is 1. The maximum Gasteiger partial charge on any atom is 0.180 e. The number of H-pyrrole nitrogens is 4. The second-order valence-corrected chi connectivity index (χ2v) is 35.7. The zero-order valence-corrected chi connectivity index (χ0v) is 75.3. The smallest absolute Gasteiger partial charge is 0.180 e. The fourth-order valence-electron chi connectivity index (χ4n) is 4.24. The first-order valence-corrected chi connectivity index (χ1v) is 38.5. The average Bonchev–Trinajstić information content (AvgIpc) is 1.86. The Labute approximate surface area is 667 Å². The molecule has 13 rings (SSSR count). The molecular weight excluding hydrogens is 1370 g/mol. The first-order valence-electron chi connectivity index (χ1n) is 37.6. The van der Waals surface area contributed by atoms with Crippen molar-refractivity contribution >= 4 is 45.2 Å². The molecule has 19 nitrogen and oxygen atoms in total. The van der Waals surface area contributed by atoms with Gasteiger partial charge in [0.1, 0.15) is 25.2 Å². The van der Waals surface area contributed by atoms with E-state index in [9.17, 15) is 0 Å². The summed E-state index contributed by atoms with van der Waals surface area (Å²) in [6, 6.07) is 33.3. The molecule has 0 saturated carbocycles. The molecule has 0 unspecified atom stereocenters. The number of benzene rings is 3. The van der Waals surface area contributed by atoms with Gasteiger partial charge in [-0.3, -0.25) is 30.1 Å². The maximum atomic E-state index is 4.47. The van der Waals surface area contributed by atoms with Crippen LogP contribution in [0.1, 0.15) is 248 Å². The highest BCUT2D eigenvalue weighted by molar-refractivity contribution is 7.07. The number of para-hydroxylation sites is 4. The van der Waals surface area contributed by atoms with Gasteiger partial charge in [0.15, 0.2) is 6.39 Å². The number of aliphatic imine (C=N–C) groups is 1. The number of aromatic amines is 4. The highest BCUT2D eigenvalue weighted by Gasteiger charge is 2.02. The first kappa shape index (κ1) is 113. The summed E-state index contributed by atoms with van der Waals surface area (Å²) in [7, 11) is 0. The predicted octanol–water partition coefficient (Wildman–Crippen LogP) is 27.3. The summed E-state index contributed by atoms with van der Waals surface area (Å²) in [5.41, 5.74) is 9.77. The molecule has 0 fully saturated rings. The van der Waals surface area contributed by atoms with Gasteiger partial charge in [0.25, 0.3) is 0 Å². The molecule has 12 aromatic rings. The van der Waals surface area contributed by atoms with Crippen LogP contribution in [0.25, 0.3) is 21.9 Å². The summed E-state index contributed by atoms with van der Waals surface area (Å²) in [5.74, 6) is 4.17. The molecule has 20 heteroatoms. The largest absolute Gasteiger partial charge is 0.452 e. The molecule has 1 aliphatic rings. The topological polar surface area (TPSA) is 256 Å².